The molecule has 0 unspecified atom stereocenters. The minimum Gasteiger partial charge on any atom is -0.377 e. The van der Waals surface area contributed by atoms with Gasteiger partial charge in [0.15, 0.2) is 0 Å². The molecule has 0 aliphatic heterocycles. The van der Waals surface area contributed by atoms with Crippen LogP contribution in [0.3, 0.4) is 0 Å². The molecule has 2 saturated carbocycles. The minimum absolute atomic E-state index is 0. The van der Waals surface area contributed by atoms with Crippen LogP contribution in [-0.2, 0) is 26.2 Å². The minimum atomic E-state index is -1.67. The van der Waals surface area contributed by atoms with Gasteiger partial charge in [0.05, 0.1) is 7.38 Å². The Bertz CT molecular complexity index is 283. The maximum absolute atomic E-state index is 6.09. The molecular weight excluding hydrogens is 383 g/mol. The molecule has 0 bridgehead atoms. The van der Waals surface area contributed by atoms with E-state index in [1.165, 1.54) is 64.2 Å². The largest absolute Gasteiger partial charge is 4.00 e. The van der Waals surface area contributed by atoms with Gasteiger partial charge in [-0.1, -0.05) is 77.3 Å². The van der Waals surface area contributed by atoms with Crippen LogP contribution in [0.4, 0.5) is 0 Å². The second kappa shape index (κ2) is 15.4. The molecule has 124 valence electrons. The molecule has 0 nitrogen and oxygen atoms in total. The van der Waals surface area contributed by atoms with Crippen LogP contribution in [0.25, 0.3) is 0 Å². The summed E-state index contributed by atoms with van der Waals surface area (Å²) in [4.78, 5) is 0. The second-order valence-electron chi connectivity index (χ2n) is 6.63. The summed E-state index contributed by atoms with van der Waals surface area (Å²) in [5.74, 6) is 0. The first-order valence-corrected chi connectivity index (χ1v) is 12.7. The Labute approximate surface area is 165 Å². The summed E-state index contributed by atoms with van der Waals surface area (Å²) in [6.07, 6.45) is 18.1. The van der Waals surface area contributed by atoms with Gasteiger partial charge in [-0.05, 0) is 0 Å². The van der Waals surface area contributed by atoms with Crippen LogP contribution < -0.4 is 0 Å². The van der Waals surface area contributed by atoms with Crippen molar-refractivity contribution in [3.63, 3.8) is 0 Å². The molecule has 0 saturated heterocycles. The Hall–Kier alpha value is 0.870. The van der Waals surface area contributed by atoms with Crippen LogP contribution in [-0.4, -0.2) is 7.38 Å². The van der Waals surface area contributed by atoms with Gasteiger partial charge in [-0.15, -0.1) is 20.8 Å². The molecule has 2 rings (SSSR count). The van der Waals surface area contributed by atoms with Crippen molar-refractivity contribution in [3.05, 3.63) is 22.9 Å². The normalized spacial score (nSPS) is 18.6. The molecule has 0 atom stereocenters. The molecule has 3 heteroatoms. The fourth-order valence-corrected chi connectivity index (χ4v) is 4.00. The molecule has 0 amide bonds. The van der Waals surface area contributed by atoms with Gasteiger partial charge in [0.1, 0.15) is 0 Å². The molecule has 2 fully saturated rings. The SMILES string of the molecule is C1CCCC1.C1CCCC1.C[C-]=C(C)C(C)=[C-][Si](C)(C)Cl.[Zr+4]. The van der Waals surface area contributed by atoms with Crippen molar-refractivity contribution in [2.75, 3.05) is 0 Å². The first-order valence-electron chi connectivity index (χ1n) is 8.69. The predicted molar refractivity (Wildman–Crippen MR) is 100 cm³/mol. The summed E-state index contributed by atoms with van der Waals surface area (Å²) in [5, 5.41) is 0. The van der Waals surface area contributed by atoms with Crippen molar-refractivity contribution in [1.82, 2.24) is 0 Å². The second-order valence-corrected chi connectivity index (χ2v) is 12.7. The molecule has 2 aliphatic rings. The summed E-state index contributed by atoms with van der Waals surface area (Å²) < 4.78 is 0. The van der Waals surface area contributed by atoms with E-state index in [9.17, 15) is 0 Å². The van der Waals surface area contributed by atoms with Crippen molar-refractivity contribution in [2.24, 2.45) is 0 Å². The Balaban J connectivity index is 0. The Morgan fingerprint density at radius 1 is 0.727 bits per heavy atom. The Morgan fingerprint density at radius 2 is 1.00 bits per heavy atom. The number of hydrogen-bond donors (Lipinski definition) is 0. The van der Waals surface area contributed by atoms with Crippen LogP contribution in [0, 0.1) is 11.8 Å². The third-order valence-electron chi connectivity index (χ3n) is 3.92. The van der Waals surface area contributed by atoms with Gasteiger partial charge in [0.2, 0.25) is 0 Å². The smallest absolute Gasteiger partial charge is 0.377 e. The molecule has 0 spiro atoms. The summed E-state index contributed by atoms with van der Waals surface area (Å²) in [5.41, 5.74) is 5.57. The average Bonchev–Trinajstić information content (AvgIpc) is 3.12. The van der Waals surface area contributed by atoms with Gasteiger partial charge < -0.3 is 22.9 Å². The van der Waals surface area contributed by atoms with Crippen LogP contribution in [0.1, 0.15) is 85.0 Å². The molecule has 0 aromatic rings. The van der Waals surface area contributed by atoms with Gasteiger partial charge >= 0.3 is 26.2 Å². The molecular formula is C19H35ClSiZr+2. The van der Waals surface area contributed by atoms with E-state index in [2.05, 4.69) is 24.9 Å². The van der Waals surface area contributed by atoms with E-state index in [-0.39, 0.29) is 26.2 Å². The quantitative estimate of drug-likeness (QED) is 0.190. The number of rotatable bonds is 2. The zero-order chi connectivity index (χ0) is 16.1. The summed E-state index contributed by atoms with van der Waals surface area (Å²) >= 11 is 6.09. The van der Waals surface area contributed by atoms with Crippen LogP contribution in [0.5, 0.6) is 0 Å². The van der Waals surface area contributed by atoms with E-state index in [1.807, 2.05) is 20.8 Å². The van der Waals surface area contributed by atoms with Crippen molar-refractivity contribution < 1.29 is 26.2 Å². The van der Waals surface area contributed by atoms with Gasteiger partial charge in [-0.2, -0.15) is 11.1 Å². The first-order chi connectivity index (χ1) is 9.87. The number of halogens is 1. The van der Waals surface area contributed by atoms with Crippen LogP contribution in [0.2, 0.25) is 13.1 Å². The molecule has 0 radical (unpaired) electrons. The van der Waals surface area contributed by atoms with E-state index in [0.717, 1.165) is 11.1 Å². The third kappa shape index (κ3) is 17.2. The molecule has 0 heterocycles. The van der Waals surface area contributed by atoms with Crippen molar-refractivity contribution in [3.8, 4) is 0 Å². The summed E-state index contributed by atoms with van der Waals surface area (Å²) in [7, 11) is -1.67. The van der Waals surface area contributed by atoms with E-state index in [1.54, 1.807) is 0 Å². The van der Waals surface area contributed by atoms with Gasteiger partial charge in [0, 0.05) is 0 Å². The van der Waals surface area contributed by atoms with Crippen molar-refractivity contribution in [1.29, 1.82) is 0 Å². The number of hydrogen-bond acceptors (Lipinski definition) is 0. The van der Waals surface area contributed by atoms with Crippen molar-refractivity contribution in [2.45, 2.75) is 98.1 Å². The monoisotopic (exact) mass is 416 g/mol. The first kappa shape index (κ1) is 25.1. The standard InChI is InChI=1S/C9H15ClSi.2C5H10.Zr/c1-6-8(2)9(3)7-11(4,5)10;2*1-2-4-5-3-1;/h1-5H3;2*1-5H2;/q-2;;;+4. The Morgan fingerprint density at radius 3 is 1.18 bits per heavy atom. The van der Waals surface area contributed by atoms with E-state index >= 15 is 0 Å². The van der Waals surface area contributed by atoms with Crippen LogP contribution in [0.15, 0.2) is 11.1 Å². The maximum Gasteiger partial charge on any atom is 4.00 e. The predicted octanol–water partition coefficient (Wildman–Crippen LogP) is 7.39. The van der Waals surface area contributed by atoms with Crippen LogP contribution >= 0.6 is 11.1 Å². The van der Waals surface area contributed by atoms with Gasteiger partial charge in [0.25, 0.3) is 0 Å². The van der Waals surface area contributed by atoms with E-state index in [0.29, 0.717) is 0 Å². The number of allylic oxidation sites excluding steroid dienone is 3. The molecule has 0 aromatic carbocycles. The fourth-order valence-electron chi connectivity index (χ4n) is 2.49. The van der Waals surface area contributed by atoms with Crippen molar-refractivity contribution >= 4 is 18.5 Å². The zero-order valence-electron chi connectivity index (χ0n) is 15.4. The fraction of sp³-hybridized carbons (Fsp3) is 0.789. The average molecular weight is 418 g/mol. The third-order valence-corrected chi connectivity index (χ3v) is 5.18. The summed E-state index contributed by atoms with van der Waals surface area (Å²) in [6.45, 7) is 10.1. The Kier molecular flexibility index (Phi) is 17.6. The summed E-state index contributed by atoms with van der Waals surface area (Å²) in [6, 6.07) is 0. The molecule has 2 aliphatic carbocycles. The molecule has 0 aromatic heterocycles. The van der Waals surface area contributed by atoms with Gasteiger partial charge in [-0.25, -0.2) is 0 Å². The molecule has 0 N–H and O–H groups in total. The van der Waals surface area contributed by atoms with E-state index in [4.69, 9.17) is 11.1 Å². The molecule has 22 heavy (non-hydrogen) atoms. The van der Waals surface area contributed by atoms with Gasteiger partial charge in [-0.3, -0.25) is 0 Å². The zero-order valence-corrected chi connectivity index (χ0v) is 19.7. The maximum atomic E-state index is 6.09. The topological polar surface area (TPSA) is 0 Å². The van der Waals surface area contributed by atoms with E-state index < -0.39 is 7.38 Å².